The van der Waals surface area contributed by atoms with E-state index < -0.39 is 22.1 Å². The van der Waals surface area contributed by atoms with Crippen molar-refractivity contribution in [3.8, 4) is 11.4 Å². The lowest BCUT2D eigenvalue weighted by Gasteiger charge is -2.44. The molecule has 0 spiro atoms. The summed E-state index contributed by atoms with van der Waals surface area (Å²) in [6.45, 7) is 7.27. The van der Waals surface area contributed by atoms with Crippen molar-refractivity contribution in [3.63, 3.8) is 0 Å². The number of amides is 2. The van der Waals surface area contributed by atoms with Crippen molar-refractivity contribution in [1.29, 1.82) is 0 Å². The molecule has 1 fully saturated rings. The van der Waals surface area contributed by atoms with E-state index in [0.717, 1.165) is 6.26 Å². The van der Waals surface area contributed by atoms with Gasteiger partial charge in [0.25, 0.3) is 5.91 Å². The Kier molecular flexibility index (Phi) is 7.15. The zero-order valence-electron chi connectivity index (χ0n) is 18.7. The number of nitrogens with zero attached hydrogens (tertiary/aromatic N) is 5. The number of rotatable bonds is 5. The Morgan fingerprint density at radius 1 is 1.18 bits per heavy atom. The number of carbonyl (C=O) groups excluding carboxylic acids is 2. The minimum atomic E-state index is -3.62. The highest BCUT2D eigenvalue weighted by molar-refractivity contribution is 7.88. The molecule has 12 heteroatoms. The number of aromatic nitrogens is 3. The van der Waals surface area contributed by atoms with Crippen LogP contribution in [-0.4, -0.2) is 76.8 Å². The van der Waals surface area contributed by atoms with Crippen LogP contribution in [0.3, 0.4) is 0 Å². The van der Waals surface area contributed by atoms with Crippen LogP contribution in [0.5, 0.6) is 0 Å². The summed E-state index contributed by atoms with van der Waals surface area (Å²) in [4.78, 5) is 38.8. The Bertz CT molecular complexity index is 1220. The molecule has 0 aromatic carbocycles. The van der Waals surface area contributed by atoms with Crippen LogP contribution in [0, 0.1) is 6.92 Å². The molecule has 1 saturated heterocycles. The number of piperazine rings is 1. The molecule has 0 radical (unpaired) electrons. The van der Waals surface area contributed by atoms with E-state index in [2.05, 4.69) is 26.8 Å². The van der Waals surface area contributed by atoms with Crippen molar-refractivity contribution in [3.05, 3.63) is 53.1 Å². The number of hydrogen-bond donors (Lipinski definition) is 1. The SMILES string of the molecule is C=CC(=O)N1C[C@H](C)N(S(C)(=O)=O)[C@H](c2cc(Cl)nc(-c3cc(C(=O)NC)nc(C)n3)c2)C1. The molecule has 1 aliphatic heterocycles. The van der Waals surface area contributed by atoms with Crippen molar-refractivity contribution in [2.45, 2.75) is 25.9 Å². The summed E-state index contributed by atoms with van der Waals surface area (Å²) < 4.78 is 26.7. The maximum absolute atomic E-state index is 12.7. The quantitative estimate of drug-likeness (QED) is 0.496. The molecular formula is C21H25ClN6O4S. The van der Waals surface area contributed by atoms with E-state index >= 15 is 0 Å². The highest BCUT2D eigenvalue weighted by Crippen LogP contribution is 2.34. The molecule has 0 bridgehead atoms. The van der Waals surface area contributed by atoms with Crippen LogP contribution < -0.4 is 5.32 Å². The van der Waals surface area contributed by atoms with E-state index in [-0.39, 0.29) is 35.8 Å². The zero-order chi connectivity index (χ0) is 24.5. The molecule has 0 unspecified atom stereocenters. The van der Waals surface area contributed by atoms with Gasteiger partial charge in [-0.05, 0) is 43.7 Å². The van der Waals surface area contributed by atoms with Crippen LogP contribution in [0.1, 0.15) is 34.8 Å². The van der Waals surface area contributed by atoms with Crippen molar-refractivity contribution in [1.82, 2.24) is 29.5 Å². The van der Waals surface area contributed by atoms with Gasteiger partial charge in [0.2, 0.25) is 15.9 Å². The number of aryl methyl sites for hydroxylation is 1. The van der Waals surface area contributed by atoms with E-state index in [0.29, 0.717) is 22.8 Å². The predicted octanol–water partition coefficient (Wildman–Crippen LogP) is 1.58. The second-order valence-corrected chi connectivity index (χ2v) is 10.1. The third-order valence-corrected chi connectivity index (χ3v) is 6.82. The van der Waals surface area contributed by atoms with Gasteiger partial charge in [0.05, 0.1) is 23.7 Å². The predicted molar refractivity (Wildman–Crippen MR) is 124 cm³/mol. The normalized spacial score (nSPS) is 19.2. The molecule has 2 atom stereocenters. The van der Waals surface area contributed by atoms with Gasteiger partial charge >= 0.3 is 0 Å². The smallest absolute Gasteiger partial charge is 0.269 e. The average Bonchev–Trinajstić information content (AvgIpc) is 2.75. The number of sulfonamides is 1. The molecule has 0 saturated carbocycles. The van der Waals surface area contributed by atoms with Gasteiger partial charge in [-0.2, -0.15) is 4.31 Å². The number of hydrogen-bond acceptors (Lipinski definition) is 7. The summed E-state index contributed by atoms with van der Waals surface area (Å²) in [7, 11) is -2.12. The second kappa shape index (κ2) is 9.54. The van der Waals surface area contributed by atoms with E-state index in [4.69, 9.17) is 11.6 Å². The minimum absolute atomic E-state index is 0.119. The highest BCUT2D eigenvalue weighted by Gasteiger charge is 2.40. The van der Waals surface area contributed by atoms with E-state index in [9.17, 15) is 18.0 Å². The van der Waals surface area contributed by atoms with Crippen molar-refractivity contribution in [2.75, 3.05) is 26.4 Å². The summed E-state index contributed by atoms with van der Waals surface area (Å²) in [6.07, 6.45) is 2.34. The molecule has 10 nitrogen and oxygen atoms in total. The van der Waals surface area contributed by atoms with E-state index in [1.54, 1.807) is 30.9 Å². The Labute approximate surface area is 197 Å². The van der Waals surface area contributed by atoms with Gasteiger partial charge < -0.3 is 10.2 Å². The summed E-state index contributed by atoms with van der Waals surface area (Å²) >= 11 is 6.31. The molecule has 0 aliphatic carbocycles. The molecule has 2 amide bonds. The Morgan fingerprint density at radius 2 is 1.85 bits per heavy atom. The van der Waals surface area contributed by atoms with Gasteiger partial charge in [0.15, 0.2) is 0 Å². The Hall–Kier alpha value is -2.89. The lowest BCUT2D eigenvalue weighted by Crippen LogP contribution is -2.56. The van der Waals surface area contributed by atoms with Gasteiger partial charge in [0.1, 0.15) is 16.7 Å². The van der Waals surface area contributed by atoms with Crippen molar-refractivity contribution in [2.24, 2.45) is 0 Å². The maximum atomic E-state index is 12.7. The average molecular weight is 493 g/mol. The van der Waals surface area contributed by atoms with Gasteiger partial charge in [-0.1, -0.05) is 18.2 Å². The zero-order valence-corrected chi connectivity index (χ0v) is 20.3. The molecule has 1 aliphatic rings. The topological polar surface area (TPSA) is 125 Å². The van der Waals surface area contributed by atoms with Crippen LogP contribution in [0.25, 0.3) is 11.4 Å². The lowest BCUT2D eigenvalue weighted by atomic mass is 10.0. The first-order valence-electron chi connectivity index (χ1n) is 10.1. The fourth-order valence-electron chi connectivity index (χ4n) is 3.97. The van der Waals surface area contributed by atoms with Gasteiger partial charge in [0, 0.05) is 26.2 Å². The third-order valence-electron chi connectivity index (χ3n) is 5.25. The number of halogens is 1. The van der Waals surface area contributed by atoms with E-state index in [1.807, 2.05) is 0 Å². The molecule has 3 heterocycles. The molecule has 3 rings (SSSR count). The molecular weight excluding hydrogens is 468 g/mol. The fourth-order valence-corrected chi connectivity index (χ4v) is 5.56. The second-order valence-electron chi connectivity index (χ2n) is 7.78. The molecule has 2 aromatic heterocycles. The molecule has 33 heavy (non-hydrogen) atoms. The summed E-state index contributed by atoms with van der Waals surface area (Å²) in [5.74, 6) is -0.310. The summed E-state index contributed by atoms with van der Waals surface area (Å²) in [5, 5.41) is 2.63. The third kappa shape index (κ3) is 5.37. The van der Waals surface area contributed by atoms with Crippen LogP contribution in [0.15, 0.2) is 30.9 Å². The van der Waals surface area contributed by atoms with Crippen LogP contribution in [0.4, 0.5) is 0 Å². The van der Waals surface area contributed by atoms with Gasteiger partial charge in [-0.15, -0.1) is 0 Å². The largest absolute Gasteiger partial charge is 0.354 e. The number of nitrogens with one attached hydrogen (secondary N) is 1. The monoisotopic (exact) mass is 492 g/mol. The Balaban J connectivity index is 2.14. The van der Waals surface area contributed by atoms with Crippen molar-refractivity contribution < 1.29 is 18.0 Å². The highest BCUT2D eigenvalue weighted by atomic mass is 35.5. The first-order chi connectivity index (χ1) is 15.4. The minimum Gasteiger partial charge on any atom is -0.354 e. The first kappa shape index (κ1) is 24.7. The van der Waals surface area contributed by atoms with Crippen LogP contribution in [0.2, 0.25) is 5.15 Å². The maximum Gasteiger partial charge on any atom is 0.269 e. The standard InChI is InChI=1S/C21H25ClN6O4S/c1-6-20(29)27-10-12(2)28(33(5,31)32)18(11-27)14-7-15(26-19(22)8-14)16-9-17(21(30)23-4)25-13(3)24-16/h6-9,12,18H,1,10-11H2,2-5H3,(H,23,30)/t12-,18-/m0/s1. The van der Waals surface area contributed by atoms with Crippen molar-refractivity contribution >= 4 is 33.4 Å². The van der Waals surface area contributed by atoms with Gasteiger partial charge in [-0.25, -0.2) is 23.4 Å². The molecule has 1 N–H and O–H groups in total. The first-order valence-corrected chi connectivity index (χ1v) is 12.3. The molecule has 176 valence electrons. The van der Waals surface area contributed by atoms with Crippen LogP contribution in [-0.2, 0) is 14.8 Å². The van der Waals surface area contributed by atoms with E-state index in [1.165, 1.54) is 23.5 Å². The Morgan fingerprint density at radius 3 is 2.45 bits per heavy atom. The lowest BCUT2D eigenvalue weighted by molar-refractivity contribution is -0.129. The van der Waals surface area contributed by atoms with Crippen LogP contribution >= 0.6 is 11.6 Å². The summed E-state index contributed by atoms with van der Waals surface area (Å²) in [6, 6.07) is 3.54. The number of pyridine rings is 1. The summed E-state index contributed by atoms with van der Waals surface area (Å²) in [5.41, 5.74) is 1.41. The molecule has 2 aromatic rings. The number of carbonyl (C=O) groups is 2. The fraction of sp³-hybridized carbons (Fsp3) is 0.381. The van der Waals surface area contributed by atoms with Gasteiger partial charge in [-0.3, -0.25) is 9.59 Å².